The summed E-state index contributed by atoms with van der Waals surface area (Å²) in [6.07, 6.45) is 4.51. The zero-order valence-electron chi connectivity index (χ0n) is 24.1. The molecule has 9 nitrogen and oxygen atoms in total. The van der Waals surface area contributed by atoms with Crippen molar-refractivity contribution >= 4 is 46.1 Å². The SMILES string of the molecule is Cc1ccccc1N1CCN(c2ccc(C(=O)NCCCN3CCCC3=O)cc2NC(=O)c2nc(C3CC3)cs2)CC1. The number of carbonyl (C=O) groups excluding carboxylic acids is 3. The average Bonchev–Trinajstić information content (AvgIpc) is 3.59. The Morgan fingerprint density at radius 2 is 1.74 bits per heavy atom. The van der Waals surface area contributed by atoms with Crippen molar-refractivity contribution in [2.24, 2.45) is 0 Å². The van der Waals surface area contributed by atoms with E-state index in [4.69, 9.17) is 0 Å². The molecule has 2 saturated heterocycles. The van der Waals surface area contributed by atoms with Crippen molar-refractivity contribution < 1.29 is 14.4 Å². The van der Waals surface area contributed by atoms with Gasteiger partial charge in [0, 0.05) is 74.8 Å². The van der Waals surface area contributed by atoms with Crippen LogP contribution in [0.1, 0.15) is 69.4 Å². The highest BCUT2D eigenvalue weighted by atomic mass is 32.1. The molecule has 1 aromatic heterocycles. The fourth-order valence-electron chi connectivity index (χ4n) is 5.81. The third-order valence-electron chi connectivity index (χ3n) is 8.36. The highest BCUT2D eigenvalue weighted by molar-refractivity contribution is 7.11. The fourth-order valence-corrected chi connectivity index (χ4v) is 6.60. The van der Waals surface area contributed by atoms with Crippen LogP contribution in [-0.2, 0) is 4.79 Å². The normalized spacial score (nSPS) is 17.1. The molecule has 220 valence electrons. The number of amides is 3. The standard InChI is InChI=1S/C32H38N6O3S/c1-22-6-2-3-7-27(22)36-16-18-37(19-17-36)28-12-11-24(30(40)33-13-5-15-38-14-4-8-29(38)39)20-25(28)34-31(41)32-35-26(21-42-32)23-9-10-23/h2-3,6-7,11-12,20-21,23H,4-5,8-10,13-19H2,1H3,(H,33,40)(H,34,41). The first-order valence-electron chi connectivity index (χ1n) is 15.0. The van der Waals surface area contributed by atoms with Gasteiger partial charge in [0.05, 0.1) is 17.1 Å². The van der Waals surface area contributed by atoms with Gasteiger partial charge in [-0.2, -0.15) is 0 Å². The van der Waals surface area contributed by atoms with E-state index in [0.717, 1.165) is 63.4 Å². The summed E-state index contributed by atoms with van der Waals surface area (Å²) in [4.78, 5) is 49.4. The van der Waals surface area contributed by atoms with Crippen LogP contribution in [0.5, 0.6) is 0 Å². The summed E-state index contributed by atoms with van der Waals surface area (Å²) in [7, 11) is 0. The Balaban J connectivity index is 1.15. The number of anilines is 3. The largest absolute Gasteiger partial charge is 0.368 e. The lowest BCUT2D eigenvalue weighted by molar-refractivity contribution is -0.127. The summed E-state index contributed by atoms with van der Waals surface area (Å²) >= 11 is 1.37. The number of aromatic nitrogens is 1. The van der Waals surface area contributed by atoms with E-state index in [1.807, 2.05) is 22.4 Å². The van der Waals surface area contributed by atoms with E-state index in [0.29, 0.717) is 48.1 Å². The van der Waals surface area contributed by atoms with E-state index in [2.05, 4.69) is 56.6 Å². The summed E-state index contributed by atoms with van der Waals surface area (Å²) < 4.78 is 0. The molecule has 3 heterocycles. The Labute approximate surface area is 250 Å². The van der Waals surface area contributed by atoms with Gasteiger partial charge in [-0.1, -0.05) is 18.2 Å². The van der Waals surface area contributed by atoms with Crippen molar-refractivity contribution in [3.05, 3.63) is 69.7 Å². The molecule has 1 saturated carbocycles. The van der Waals surface area contributed by atoms with E-state index in [-0.39, 0.29) is 17.7 Å². The number of hydrogen-bond acceptors (Lipinski definition) is 7. The fraction of sp³-hybridized carbons (Fsp3) is 0.438. The highest BCUT2D eigenvalue weighted by Gasteiger charge is 2.28. The van der Waals surface area contributed by atoms with Crippen LogP contribution in [0, 0.1) is 6.92 Å². The van der Waals surface area contributed by atoms with Crippen molar-refractivity contribution in [2.75, 3.05) is 60.9 Å². The maximum Gasteiger partial charge on any atom is 0.284 e. The lowest BCUT2D eigenvalue weighted by atomic mass is 10.1. The number of likely N-dealkylation sites (tertiary alicyclic amines) is 1. The van der Waals surface area contributed by atoms with E-state index in [1.54, 1.807) is 6.07 Å². The Morgan fingerprint density at radius 1 is 0.976 bits per heavy atom. The monoisotopic (exact) mass is 586 g/mol. The van der Waals surface area contributed by atoms with Gasteiger partial charge >= 0.3 is 0 Å². The third kappa shape index (κ3) is 6.43. The van der Waals surface area contributed by atoms with Crippen LogP contribution in [0.3, 0.4) is 0 Å². The number of benzene rings is 2. The number of hydrogen-bond donors (Lipinski definition) is 2. The van der Waals surface area contributed by atoms with Crippen LogP contribution in [0.15, 0.2) is 47.8 Å². The smallest absolute Gasteiger partial charge is 0.284 e. The molecule has 42 heavy (non-hydrogen) atoms. The molecule has 3 aromatic rings. The molecule has 0 bridgehead atoms. The highest BCUT2D eigenvalue weighted by Crippen LogP contribution is 2.40. The summed E-state index contributed by atoms with van der Waals surface area (Å²) in [5, 5.41) is 8.49. The van der Waals surface area contributed by atoms with Crippen molar-refractivity contribution in [1.29, 1.82) is 0 Å². The van der Waals surface area contributed by atoms with Gasteiger partial charge in [-0.15, -0.1) is 11.3 Å². The van der Waals surface area contributed by atoms with Gasteiger partial charge in [0.2, 0.25) is 5.91 Å². The second-order valence-corrected chi connectivity index (χ2v) is 12.3. The second-order valence-electron chi connectivity index (χ2n) is 11.4. The number of nitrogens with one attached hydrogen (secondary N) is 2. The Bertz CT molecular complexity index is 1460. The molecule has 2 aromatic carbocycles. The molecule has 6 rings (SSSR count). The zero-order valence-corrected chi connectivity index (χ0v) is 24.9. The van der Waals surface area contributed by atoms with Gasteiger partial charge in [-0.25, -0.2) is 4.98 Å². The predicted octanol–water partition coefficient (Wildman–Crippen LogP) is 4.65. The van der Waals surface area contributed by atoms with Gasteiger partial charge in [0.1, 0.15) is 0 Å². The lowest BCUT2D eigenvalue weighted by Gasteiger charge is -2.38. The van der Waals surface area contributed by atoms with Gasteiger partial charge in [-0.05, 0) is 62.4 Å². The number of piperazine rings is 1. The summed E-state index contributed by atoms with van der Waals surface area (Å²) in [6, 6.07) is 14.0. The molecule has 2 N–H and O–H groups in total. The third-order valence-corrected chi connectivity index (χ3v) is 9.22. The Kier molecular flexibility index (Phi) is 8.41. The quantitative estimate of drug-likeness (QED) is 0.336. The van der Waals surface area contributed by atoms with Crippen molar-refractivity contribution in [1.82, 2.24) is 15.2 Å². The molecule has 1 aliphatic carbocycles. The van der Waals surface area contributed by atoms with Crippen molar-refractivity contribution in [2.45, 2.75) is 44.9 Å². The van der Waals surface area contributed by atoms with Crippen LogP contribution in [-0.4, -0.2) is 73.4 Å². The average molecular weight is 587 g/mol. The first-order valence-corrected chi connectivity index (χ1v) is 15.9. The number of carbonyl (C=O) groups is 3. The number of rotatable bonds is 10. The molecule has 0 spiro atoms. The van der Waals surface area contributed by atoms with Gasteiger partial charge in [0.25, 0.3) is 11.8 Å². The second kappa shape index (κ2) is 12.5. The maximum atomic E-state index is 13.3. The van der Waals surface area contributed by atoms with Gasteiger partial charge in [-0.3, -0.25) is 14.4 Å². The Morgan fingerprint density at radius 3 is 2.45 bits per heavy atom. The zero-order chi connectivity index (χ0) is 29.1. The van der Waals surface area contributed by atoms with Crippen LogP contribution in [0.4, 0.5) is 17.1 Å². The van der Waals surface area contributed by atoms with Gasteiger partial charge in [0.15, 0.2) is 5.01 Å². The minimum atomic E-state index is -0.250. The molecule has 0 unspecified atom stereocenters. The maximum absolute atomic E-state index is 13.3. The van der Waals surface area contributed by atoms with E-state index in [1.165, 1.54) is 22.6 Å². The molecule has 10 heteroatoms. The first kappa shape index (κ1) is 28.2. The van der Waals surface area contributed by atoms with E-state index in [9.17, 15) is 14.4 Å². The molecule has 0 atom stereocenters. The molecular weight excluding hydrogens is 548 g/mol. The molecule has 3 aliphatic rings. The predicted molar refractivity (Wildman–Crippen MR) is 167 cm³/mol. The summed E-state index contributed by atoms with van der Waals surface area (Å²) in [5.74, 6) is 0.235. The minimum Gasteiger partial charge on any atom is -0.368 e. The molecule has 3 amide bonds. The van der Waals surface area contributed by atoms with E-state index < -0.39 is 0 Å². The van der Waals surface area contributed by atoms with Crippen LogP contribution >= 0.6 is 11.3 Å². The number of aryl methyl sites for hydroxylation is 1. The molecule has 3 fully saturated rings. The van der Waals surface area contributed by atoms with Crippen LogP contribution < -0.4 is 20.4 Å². The molecule has 0 radical (unpaired) electrons. The minimum absolute atomic E-state index is 0.195. The number of thiazole rings is 1. The molecule has 2 aliphatic heterocycles. The molecular formula is C32H38N6O3S. The topological polar surface area (TPSA) is 97.9 Å². The van der Waals surface area contributed by atoms with Crippen molar-refractivity contribution in [3.63, 3.8) is 0 Å². The first-order chi connectivity index (χ1) is 20.5. The lowest BCUT2D eigenvalue weighted by Crippen LogP contribution is -2.47. The van der Waals surface area contributed by atoms with E-state index >= 15 is 0 Å². The van der Waals surface area contributed by atoms with Crippen LogP contribution in [0.2, 0.25) is 0 Å². The van der Waals surface area contributed by atoms with Crippen LogP contribution in [0.25, 0.3) is 0 Å². The summed E-state index contributed by atoms with van der Waals surface area (Å²) in [6.45, 7) is 7.38. The summed E-state index contributed by atoms with van der Waals surface area (Å²) in [5.41, 5.74) is 5.51. The Hall–Kier alpha value is -3.92. The van der Waals surface area contributed by atoms with Gasteiger partial charge < -0.3 is 25.3 Å². The van der Waals surface area contributed by atoms with Crippen molar-refractivity contribution in [3.8, 4) is 0 Å². The number of nitrogens with zero attached hydrogens (tertiary/aromatic N) is 4. The number of para-hydroxylation sites is 1.